The van der Waals surface area contributed by atoms with Gasteiger partial charge in [-0.15, -0.1) is 13.2 Å². The maximum absolute atomic E-state index is 12.5. The Balaban J connectivity index is 1.88. The number of ether oxygens (including phenoxy) is 2. The van der Waals surface area contributed by atoms with Gasteiger partial charge < -0.3 is 20.5 Å². The quantitative estimate of drug-likeness (QED) is 0.623. The van der Waals surface area contributed by atoms with Crippen LogP contribution in [0.5, 0.6) is 11.5 Å². The summed E-state index contributed by atoms with van der Waals surface area (Å²) < 4.78 is 46.8. The molecule has 3 aromatic rings. The molecule has 3 rings (SSSR count). The lowest BCUT2D eigenvalue weighted by Crippen LogP contribution is -2.17. The van der Waals surface area contributed by atoms with Crippen molar-refractivity contribution in [3.63, 3.8) is 0 Å². The summed E-state index contributed by atoms with van der Waals surface area (Å²) in [5.41, 5.74) is 8.06. The van der Waals surface area contributed by atoms with Gasteiger partial charge in [-0.05, 0) is 49.4 Å². The number of hydrogen-bond acceptors (Lipinski definition) is 5. The highest BCUT2D eigenvalue weighted by Crippen LogP contribution is 2.37. The van der Waals surface area contributed by atoms with Gasteiger partial charge in [-0.1, -0.05) is 17.7 Å². The second kappa shape index (κ2) is 8.32. The summed E-state index contributed by atoms with van der Waals surface area (Å²) in [4.78, 5) is 16.5. The summed E-state index contributed by atoms with van der Waals surface area (Å²) in [7, 11) is 1.38. The van der Waals surface area contributed by atoms with Gasteiger partial charge in [0.05, 0.1) is 7.11 Å². The van der Waals surface area contributed by atoms with Gasteiger partial charge in [-0.25, -0.2) is 4.98 Å². The molecule has 0 bridgehead atoms. The zero-order valence-electron chi connectivity index (χ0n) is 16.1. The molecule has 0 atom stereocenters. The molecule has 0 fully saturated rings. The van der Waals surface area contributed by atoms with Crippen LogP contribution in [0.25, 0.3) is 11.1 Å². The highest BCUT2D eigenvalue weighted by Gasteiger charge is 2.31. The van der Waals surface area contributed by atoms with Crippen molar-refractivity contribution in [3.05, 3.63) is 65.7 Å². The van der Waals surface area contributed by atoms with Gasteiger partial charge in [-0.2, -0.15) is 0 Å². The molecule has 0 spiro atoms. The molecule has 156 valence electrons. The largest absolute Gasteiger partial charge is 0.573 e. The van der Waals surface area contributed by atoms with Crippen molar-refractivity contribution >= 4 is 17.5 Å². The predicted molar refractivity (Wildman–Crippen MR) is 106 cm³/mol. The number of amides is 1. The van der Waals surface area contributed by atoms with E-state index in [1.807, 2.05) is 19.1 Å². The molecule has 30 heavy (non-hydrogen) atoms. The van der Waals surface area contributed by atoms with Crippen LogP contribution in [0.4, 0.5) is 24.8 Å². The van der Waals surface area contributed by atoms with Crippen LogP contribution in [-0.2, 0) is 0 Å². The average Bonchev–Trinajstić information content (AvgIpc) is 2.67. The summed E-state index contributed by atoms with van der Waals surface area (Å²) >= 11 is 0. The Hall–Kier alpha value is -3.75. The van der Waals surface area contributed by atoms with E-state index in [1.165, 1.54) is 25.3 Å². The molecule has 0 radical (unpaired) electrons. The number of rotatable bonds is 5. The SMILES string of the molecule is COc1ccc(OC(F)(F)F)cc1-c1ccc(NC(=O)c2ccc(C)cc2)nc1N. The van der Waals surface area contributed by atoms with Crippen LogP contribution in [0, 0.1) is 6.92 Å². The van der Waals surface area contributed by atoms with Crippen molar-refractivity contribution in [1.29, 1.82) is 0 Å². The lowest BCUT2D eigenvalue weighted by Gasteiger charge is -2.15. The molecule has 6 nitrogen and oxygen atoms in total. The average molecular weight is 417 g/mol. The first-order chi connectivity index (χ1) is 14.2. The van der Waals surface area contributed by atoms with E-state index in [0.717, 1.165) is 17.7 Å². The Morgan fingerprint density at radius 1 is 1.03 bits per heavy atom. The zero-order valence-corrected chi connectivity index (χ0v) is 16.1. The smallest absolute Gasteiger partial charge is 0.496 e. The number of pyridine rings is 1. The minimum atomic E-state index is -4.83. The van der Waals surface area contributed by atoms with Gasteiger partial charge in [0.25, 0.3) is 5.91 Å². The van der Waals surface area contributed by atoms with Crippen molar-refractivity contribution in [2.24, 2.45) is 0 Å². The third-order valence-electron chi connectivity index (χ3n) is 4.17. The van der Waals surface area contributed by atoms with Crippen molar-refractivity contribution in [2.45, 2.75) is 13.3 Å². The van der Waals surface area contributed by atoms with Crippen LogP contribution in [-0.4, -0.2) is 24.4 Å². The van der Waals surface area contributed by atoms with Crippen LogP contribution in [0.3, 0.4) is 0 Å². The molecule has 0 unspecified atom stereocenters. The summed E-state index contributed by atoms with van der Waals surface area (Å²) in [5.74, 6) is -0.306. The summed E-state index contributed by atoms with van der Waals surface area (Å²) in [6, 6.07) is 13.6. The first-order valence-electron chi connectivity index (χ1n) is 8.75. The molecule has 3 N–H and O–H groups in total. The molecular formula is C21H18F3N3O3. The summed E-state index contributed by atoms with van der Waals surface area (Å²) in [6.07, 6.45) is -4.83. The van der Waals surface area contributed by atoms with E-state index in [-0.39, 0.29) is 28.9 Å². The number of halogens is 3. The maximum atomic E-state index is 12.5. The van der Waals surface area contributed by atoms with Crippen LogP contribution in [0.15, 0.2) is 54.6 Å². The number of benzene rings is 2. The van der Waals surface area contributed by atoms with Gasteiger partial charge in [0.15, 0.2) is 0 Å². The number of nitrogens with one attached hydrogen (secondary N) is 1. The summed E-state index contributed by atoms with van der Waals surface area (Å²) in [6.45, 7) is 1.91. The molecule has 0 aliphatic rings. The molecule has 0 aliphatic heterocycles. The van der Waals surface area contributed by atoms with Gasteiger partial charge in [0.2, 0.25) is 0 Å². The third kappa shape index (κ3) is 4.99. The molecule has 0 aliphatic carbocycles. The number of aryl methyl sites for hydroxylation is 1. The van der Waals surface area contributed by atoms with E-state index in [9.17, 15) is 18.0 Å². The number of carbonyl (C=O) groups is 1. The van der Waals surface area contributed by atoms with Crippen molar-refractivity contribution in [2.75, 3.05) is 18.2 Å². The number of aromatic nitrogens is 1. The number of nitrogens with zero attached hydrogens (tertiary/aromatic N) is 1. The van der Waals surface area contributed by atoms with E-state index < -0.39 is 12.1 Å². The summed E-state index contributed by atoms with van der Waals surface area (Å²) in [5, 5.41) is 2.63. The van der Waals surface area contributed by atoms with E-state index in [0.29, 0.717) is 11.1 Å². The highest BCUT2D eigenvalue weighted by molar-refractivity contribution is 6.04. The van der Waals surface area contributed by atoms with Crippen LogP contribution < -0.4 is 20.5 Å². The van der Waals surface area contributed by atoms with Crippen LogP contribution in [0.2, 0.25) is 0 Å². The normalized spacial score (nSPS) is 11.1. The monoisotopic (exact) mass is 417 g/mol. The number of nitrogens with two attached hydrogens (primary N) is 1. The van der Waals surface area contributed by atoms with E-state index >= 15 is 0 Å². The Morgan fingerprint density at radius 2 is 1.73 bits per heavy atom. The standard InChI is InChI=1S/C21H18F3N3O3/c1-12-3-5-13(6-4-12)20(28)27-18-10-8-15(19(25)26-18)16-11-14(30-21(22,23)24)7-9-17(16)29-2/h3-11H,1-2H3,(H3,25,26,27,28). The minimum Gasteiger partial charge on any atom is -0.496 e. The number of hydrogen-bond donors (Lipinski definition) is 2. The van der Waals surface area contributed by atoms with Crippen molar-refractivity contribution in [3.8, 4) is 22.6 Å². The second-order valence-electron chi connectivity index (χ2n) is 6.36. The molecule has 2 aromatic carbocycles. The van der Waals surface area contributed by atoms with Gasteiger partial charge in [0.1, 0.15) is 23.1 Å². The fourth-order valence-electron chi connectivity index (χ4n) is 2.76. The molecular weight excluding hydrogens is 399 g/mol. The predicted octanol–water partition coefficient (Wildman–Crippen LogP) is 4.80. The van der Waals surface area contributed by atoms with Crippen LogP contribution >= 0.6 is 0 Å². The van der Waals surface area contributed by atoms with Crippen molar-refractivity contribution in [1.82, 2.24) is 4.98 Å². The molecule has 0 saturated heterocycles. The van der Waals surface area contributed by atoms with Gasteiger partial charge in [-0.3, -0.25) is 4.79 Å². The lowest BCUT2D eigenvalue weighted by atomic mass is 10.0. The Morgan fingerprint density at radius 3 is 2.33 bits per heavy atom. The van der Waals surface area contributed by atoms with Crippen molar-refractivity contribution < 1.29 is 27.4 Å². The van der Waals surface area contributed by atoms with E-state index in [2.05, 4.69) is 15.0 Å². The Labute approximate surface area is 170 Å². The third-order valence-corrected chi connectivity index (χ3v) is 4.17. The van der Waals surface area contributed by atoms with Crippen LogP contribution in [0.1, 0.15) is 15.9 Å². The zero-order chi connectivity index (χ0) is 21.9. The Bertz CT molecular complexity index is 1070. The second-order valence-corrected chi connectivity index (χ2v) is 6.36. The molecule has 0 saturated carbocycles. The molecule has 1 aromatic heterocycles. The first kappa shape index (κ1) is 21.0. The van der Waals surface area contributed by atoms with E-state index in [1.54, 1.807) is 12.1 Å². The highest BCUT2D eigenvalue weighted by atomic mass is 19.4. The number of methoxy groups -OCH3 is 1. The number of anilines is 2. The minimum absolute atomic E-state index is 0.000773. The molecule has 1 heterocycles. The maximum Gasteiger partial charge on any atom is 0.573 e. The van der Waals surface area contributed by atoms with Gasteiger partial charge >= 0.3 is 6.36 Å². The molecule has 9 heteroatoms. The van der Waals surface area contributed by atoms with Gasteiger partial charge in [0, 0.05) is 16.7 Å². The Kier molecular flexibility index (Phi) is 5.81. The number of carbonyl (C=O) groups excluding carboxylic acids is 1. The number of nitrogen functional groups attached to an aromatic ring is 1. The number of alkyl halides is 3. The first-order valence-corrected chi connectivity index (χ1v) is 8.75. The fraction of sp³-hybridized carbons (Fsp3) is 0.143. The van der Waals surface area contributed by atoms with E-state index in [4.69, 9.17) is 10.5 Å². The topological polar surface area (TPSA) is 86.5 Å². The fourth-order valence-corrected chi connectivity index (χ4v) is 2.76. The lowest BCUT2D eigenvalue weighted by molar-refractivity contribution is -0.274. The molecule has 1 amide bonds.